The van der Waals surface area contributed by atoms with Gasteiger partial charge in [-0.1, -0.05) is 37.3 Å². The SMILES string of the molecule is CCC(C)N(C)CCNCC(O)c1ccccc1. The van der Waals surface area contributed by atoms with Crippen LogP contribution in [0, 0.1) is 0 Å². The molecule has 0 saturated heterocycles. The summed E-state index contributed by atoms with van der Waals surface area (Å²) in [6.07, 6.45) is 0.753. The first-order valence-electron chi connectivity index (χ1n) is 6.79. The molecule has 18 heavy (non-hydrogen) atoms. The normalized spacial score (nSPS) is 14.7. The van der Waals surface area contributed by atoms with Crippen molar-refractivity contribution >= 4 is 0 Å². The third-order valence-electron chi connectivity index (χ3n) is 3.51. The van der Waals surface area contributed by atoms with E-state index in [9.17, 15) is 5.11 Å². The Bertz CT molecular complexity index is 316. The largest absolute Gasteiger partial charge is 0.387 e. The monoisotopic (exact) mass is 250 g/mol. The number of likely N-dealkylation sites (N-methyl/N-ethyl adjacent to an activating group) is 1. The van der Waals surface area contributed by atoms with E-state index in [-0.39, 0.29) is 0 Å². The van der Waals surface area contributed by atoms with E-state index < -0.39 is 6.10 Å². The standard InChI is InChI=1S/C15H26N2O/c1-4-13(2)17(3)11-10-16-12-15(18)14-8-6-5-7-9-14/h5-9,13,15-16,18H,4,10-12H2,1-3H3. The highest BCUT2D eigenvalue weighted by Crippen LogP contribution is 2.10. The summed E-state index contributed by atoms with van der Waals surface area (Å²) in [6.45, 7) is 6.96. The average Bonchev–Trinajstić information content (AvgIpc) is 2.43. The molecule has 0 aromatic heterocycles. The fourth-order valence-electron chi connectivity index (χ4n) is 1.82. The Morgan fingerprint density at radius 3 is 2.56 bits per heavy atom. The predicted molar refractivity (Wildman–Crippen MR) is 76.7 cm³/mol. The number of aliphatic hydroxyl groups excluding tert-OH is 1. The summed E-state index contributed by atoms with van der Waals surface area (Å²) in [7, 11) is 2.14. The molecule has 3 heteroatoms. The van der Waals surface area contributed by atoms with Crippen molar-refractivity contribution in [3.05, 3.63) is 35.9 Å². The van der Waals surface area contributed by atoms with Crippen LogP contribution in [0.15, 0.2) is 30.3 Å². The van der Waals surface area contributed by atoms with Crippen molar-refractivity contribution in [3.63, 3.8) is 0 Å². The summed E-state index contributed by atoms with van der Waals surface area (Å²) in [5.41, 5.74) is 0.972. The van der Waals surface area contributed by atoms with Gasteiger partial charge in [-0.25, -0.2) is 0 Å². The van der Waals surface area contributed by atoms with Crippen LogP contribution in [0.5, 0.6) is 0 Å². The fraction of sp³-hybridized carbons (Fsp3) is 0.600. The topological polar surface area (TPSA) is 35.5 Å². The molecular weight excluding hydrogens is 224 g/mol. The van der Waals surface area contributed by atoms with E-state index >= 15 is 0 Å². The number of hydrogen-bond donors (Lipinski definition) is 2. The molecular formula is C15H26N2O. The molecule has 3 nitrogen and oxygen atoms in total. The van der Waals surface area contributed by atoms with Gasteiger partial charge in [-0.15, -0.1) is 0 Å². The summed E-state index contributed by atoms with van der Waals surface area (Å²) in [5, 5.41) is 13.3. The first kappa shape index (κ1) is 15.2. The number of aliphatic hydroxyl groups is 1. The maximum absolute atomic E-state index is 9.96. The van der Waals surface area contributed by atoms with Crippen molar-refractivity contribution in [2.45, 2.75) is 32.4 Å². The summed E-state index contributed by atoms with van der Waals surface area (Å²) in [4.78, 5) is 2.34. The van der Waals surface area contributed by atoms with Gasteiger partial charge in [-0.05, 0) is 26.0 Å². The number of benzene rings is 1. The molecule has 2 atom stereocenters. The molecule has 0 fully saturated rings. The van der Waals surface area contributed by atoms with Crippen molar-refractivity contribution in [2.24, 2.45) is 0 Å². The van der Waals surface area contributed by atoms with Gasteiger partial charge < -0.3 is 15.3 Å². The molecule has 1 aromatic carbocycles. The number of hydrogen-bond acceptors (Lipinski definition) is 3. The number of nitrogens with zero attached hydrogens (tertiary/aromatic N) is 1. The van der Waals surface area contributed by atoms with Crippen LogP contribution in [0.3, 0.4) is 0 Å². The Morgan fingerprint density at radius 2 is 1.94 bits per heavy atom. The van der Waals surface area contributed by atoms with Gasteiger partial charge in [0.05, 0.1) is 6.10 Å². The van der Waals surface area contributed by atoms with Crippen LogP contribution < -0.4 is 5.32 Å². The van der Waals surface area contributed by atoms with Gasteiger partial charge in [0.15, 0.2) is 0 Å². The van der Waals surface area contributed by atoms with E-state index in [1.807, 2.05) is 30.3 Å². The molecule has 2 N–H and O–H groups in total. The molecule has 0 aliphatic rings. The molecule has 0 saturated carbocycles. The third kappa shape index (κ3) is 5.17. The van der Waals surface area contributed by atoms with E-state index in [0.717, 1.165) is 18.7 Å². The minimum Gasteiger partial charge on any atom is -0.387 e. The van der Waals surface area contributed by atoms with Gasteiger partial charge in [0, 0.05) is 25.7 Å². The summed E-state index contributed by atoms with van der Waals surface area (Å²) in [5.74, 6) is 0. The van der Waals surface area contributed by atoms with Crippen LogP contribution in [0.1, 0.15) is 31.9 Å². The molecule has 0 heterocycles. The minimum absolute atomic E-state index is 0.417. The fourth-order valence-corrected chi connectivity index (χ4v) is 1.82. The molecule has 2 unspecified atom stereocenters. The van der Waals surface area contributed by atoms with Crippen molar-refractivity contribution in [1.82, 2.24) is 10.2 Å². The zero-order valence-corrected chi connectivity index (χ0v) is 11.8. The zero-order chi connectivity index (χ0) is 13.4. The highest BCUT2D eigenvalue weighted by atomic mass is 16.3. The molecule has 102 valence electrons. The highest BCUT2D eigenvalue weighted by molar-refractivity contribution is 5.17. The van der Waals surface area contributed by atoms with Gasteiger partial charge >= 0.3 is 0 Å². The van der Waals surface area contributed by atoms with Crippen LogP contribution in [0.4, 0.5) is 0 Å². The summed E-state index contributed by atoms with van der Waals surface area (Å²) < 4.78 is 0. The van der Waals surface area contributed by atoms with Gasteiger partial charge in [-0.2, -0.15) is 0 Å². The quantitative estimate of drug-likeness (QED) is 0.693. The van der Waals surface area contributed by atoms with Gasteiger partial charge in [0.1, 0.15) is 0 Å². The first-order chi connectivity index (χ1) is 8.65. The van der Waals surface area contributed by atoms with Crippen molar-refractivity contribution < 1.29 is 5.11 Å². The van der Waals surface area contributed by atoms with Gasteiger partial charge in [-0.3, -0.25) is 0 Å². The Balaban J connectivity index is 2.18. The maximum atomic E-state index is 9.96. The lowest BCUT2D eigenvalue weighted by atomic mass is 10.1. The van der Waals surface area contributed by atoms with E-state index in [2.05, 4.69) is 31.1 Å². The van der Waals surface area contributed by atoms with Crippen molar-refractivity contribution in [2.75, 3.05) is 26.7 Å². The van der Waals surface area contributed by atoms with Crippen LogP contribution >= 0.6 is 0 Å². The molecule has 0 radical (unpaired) electrons. The zero-order valence-electron chi connectivity index (χ0n) is 11.8. The van der Waals surface area contributed by atoms with Crippen LogP contribution in [0.25, 0.3) is 0 Å². The van der Waals surface area contributed by atoms with Gasteiger partial charge in [0.2, 0.25) is 0 Å². The van der Waals surface area contributed by atoms with Crippen molar-refractivity contribution in [3.8, 4) is 0 Å². The second kappa shape index (κ2) is 8.25. The second-order valence-corrected chi connectivity index (χ2v) is 4.87. The Labute approximate surface area is 111 Å². The maximum Gasteiger partial charge on any atom is 0.0914 e. The number of nitrogens with one attached hydrogen (secondary N) is 1. The van der Waals surface area contributed by atoms with Gasteiger partial charge in [0.25, 0.3) is 0 Å². The molecule has 0 spiro atoms. The second-order valence-electron chi connectivity index (χ2n) is 4.87. The molecule has 0 bridgehead atoms. The van der Waals surface area contributed by atoms with E-state index in [0.29, 0.717) is 12.6 Å². The smallest absolute Gasteiger partial charge is 0.0914 e. The lowest BCUT2D eigenvalue weighted by Crippen LogP contribution is -2.36. The predicted octanol–water partition coefficient (Wildman–Crippen LogP) is 2.04. The van der Waals surface area contributed by atoms with E-state index in [1.165, 1.54) is 6.42 Å². The molecule has 0 aliphatic carbocycles. The van der Waals surface area contributed by atoms with E-state index in [4.69, 9.17) is 0 Å². The van der Waals surface area contributed by atoms with E-state index in [1.54, 1.807) is 0 Å². The van der Waals surface area contributed by atoms with Crippen molar-refractivity contribution in [1.29, 1.82) is 0 Å². The highest BCUT2D eigenvalue weighted by Gasteiger charge is 2.08. The lowest BCUT2D eigenvalue weighted by Gasteiger charge is -2.23. The Kier molecular flexibility index (Phi) is 6.94. The third-order valence-corrected chi connectivity index (χ3v) is 3.51. The average molecular weight is 250 g/mol. The number of rotatable bonds is 8. The summed E-state index contributed by atoms with van der Waals surface area (Å²) >= 11 is 0. The molecule has 0 amide bonds. The molecule has 1 aromatic rings. The molecule has 1 rings (SSSR count). The van der Waals surface area contributed by atoms with Crippen LogP contribution in [-0.4, -0.2) is 42.7 Å². The Morgan fingerprint density at radius 1 is 1.28 bits per heavy atom. The Hall–Kier alpha value is -0.900. The van der Waals surface area contributed by atoms with Crippen LogP contribution in [-0.2, 0) is 0 Å². The summed E-state index contributed by atoms with van der Waals surface area (Å²) in [6, 6.07) is 10.4. The first-order valence-corrected chi connectivity index (χ1v) is 6.79. The lowest BCUT2D eigenvalue weighted by molar-refractivity contribution is 0.171. The minimum atomic E-state index is -0.417. The molecule has 0 aliphatic heterocycles. The van der Waals surface area contributed by atoms with Crippen LogP contribution in [0.2, 0.25) is 0 Å².